The molecule has 100 valence electrons. The average Bonchev–Trinajstić information content (AvgIpc) is 2.65. The van der Waals surface area contributed by atoms with Gasteiger partial charge >= 0.3 is 0 Å². The summed E-state index contributed by atoms with van der Waals surface area (Å²) in [5.41, 5.74) is 8.85. The van der Waals surface area contributed by atoms with Crippen LogP contribution in [0.4, 0.5) is 0 Å². The number of halogens is 1. The molecule has 2 aromatic rings. The zero-order chi connectivity index (χ0) is 14.2. The third-order valence-corrected chi connectivity index (χ3v) is 3.67. The molecule has 0 aliphatic carbocycles. The molecule has 4 nitrogen and oxygen atoms in total. The van der Waals surface area contributed by atoms with Gasteiger partial charge in [-0.25, -0.2) is 4.68 Å². The average molecular weight is 296 g/mol. The summed E-state index contributed by atoms with van der Waals surface area (Å²) in [7, 11) is 1.60. The summed E-state index contributed by atoms with van der Waals surface area (Å²) < 4.78 is 6.96. The second kappa shape index (κ2) is 5.19. The molecule has 0 saturated carbocycles. The van der Waals surface area contributed by atoms with Gasteiger partial charge in [-0.1, -0.05) is 23.8 Å². The minimum atomic E-state index is 0.307. The second-order valence-electron chi connectivity index (χ2n) is 4.14. The van der Waals surface area contributed by atoms with Crippen LogP contribution in [-0.2, 0) is 0 Å². The van der Waals surface area contributed by atoms with Crippen LogP contribution < -0.4 is 10.5 Å². The molecule has 0 aliphatic rings. The van der Waals surface area contributed by atoms with Crippen molar-refractivity contribution < 1.29 is 4.74 Å². The van der Waals surface area contributed by atoms with Crippen molar-refractivity contribution in [3.05, 3.63) is 40.2 Å². The molecule has 0 atom stereocenters. The standard InChI is InChI=1S/C13H14ClN3OS/c1-7-12(14)8(2)17(16-7)11-6-9(18-3)4-5-10(11)13(15)19/h4-6H,1-3H3,(H2,15,19). The molecule has 0 spiro atoms. The Bertz CT molecular complexity index is 652. The highest BCUT2D eigenvalue weighted by atomic mass is 35.5. The van der Waals surface area contributed by atoms with Crippen molar-refractivity contribution in [1.82, 2.24) is 9.78 Å². The Kier molecular flexibility index (Phi) is 3.78. The number of benzene rings is 1. The second-order valence-corrected chi connectivity index (χ2v) is 4.96. The van der Waals surface area contributed by atoms with Crippen LogP contribution in [0.3, 0.4) is 0 Å². The van der Waals surface area contributed by atoms with E-state index >= 15 is 0 Å². The topological polar surface area (TPSA) is 53.1 Å². The Morgan fingerprint density at radius 2 is 2.11 bits per heavy atom. The molecular weight excluding hydrogens is 282 g/mol. The molecule has 0 saturated heterocycles. The van der Waals surface area contributed by atoms with E-state index in [0.717, 1.165) is 22.6 Å². The van der Waals surface area contributed by atoms with Gasteiger partial charge < -0.3 is 10.5 Å². The van der Waals surface area contributed by atoms with Crippen LogP contribution in [0.15, 0.2) is 18.2 Å². The number of nitrogens with zero attached hydrogens (tertiary/aromatic N) is 2. The van der Waals surface area contributed by atoms with Gasteiger partial charge in [-0.2, -0.15) is 5.10 Å². The summed E-state index contributed by atoms with van der Waals surface area (Å²) >= 11 is 11.3. The molecule has 0 radical (unpaired) electrons. The van der Waals surface area contributed by atoms with E-state index in [-0.39, 0.29) is 0 Å². The summed E-state index contributed by atoms with van der Waals surface area (Å²) in [4.78, 5) is 0.307. The van der Waals surface area contributed by atoms with Gasteiger partial charge in [-0.3, -0.25) is 0 Å². The van der Waals surface area contributed by atoms with Gasteiger partial charge in [0, 0.05) is 11.6 Å². The monoisotopic (exact) mass is 295 g/mol. The van der Waals surface area contributed by atoms with E-state index in [9.17, 15) is 0 Å². The fourth-order valence-corrected chi connectivity index (χ4v) is 2.17. The molecular formula is C13H14ClN3OS. The number of aromatic nitrogens is 2. The fraction of sp³-hybridized carbons (Fsp3) is 0.231. The lowest BCUT2D eigenvalue weighted by atomic mass is 10.1. The van der Waals surface area contributed by atoms with Crippen LogP contribution in [0.25, 0.3) is 5.69 Å². The largest absolute Gasteiger partial charge is 0.497 e. The molecule has 0 amide bonds. The van der Waals surface area contributed by atoms with Crippen LogP contribution in [0.1, 0.15) is 17.0 Å². The molecule has 0 fully saturated rings. The van der Waals surface area contributed by atoms with Crippen LogP contribution in [0.2, 0.25) is 5.02 Å². The highest BCUT2D eigenvalue weighted by Gasteiger charge is 2.15. The lowest BCUT2D eigenvalue weighted by molar-refractivity contribution is 0.414. The van der Waals surface area contributed by atoms with Crippen molar-refractivity contribution in [1.29, 1.82) is 0 Å². The predicted molar refractivity (Wildman–Crippen MR) is 80.5 cm³/mol. The number of hydrogen-bond donors (Lipinski definition) is 1. The maximum Gasteiger partial charge on any atom is 0.121 e. The normalized spacial score (nSPS) is 10.5. The van der Waals surface area contributed by atoms with Crippen LogP contribution in [0, 0.1) is 13.8 Å². The summed E-state index contributed by atoms with van der Waals surface area (Å²) in [6, 6.07) is 5.47. The molecule has 19 heavy (non-hydrogen) atoms. The molecule has 0 aliphatic heterocycles. The zero-order valence-corrected chi connectivity index (χ0v) is 12.5. The van der Waals surface area contributed by atoms with Gasteiger partial charge in [0.05, 0.1) is 29.2 Å². The summed E-state index contributed by atoms with van der Waals surface area (Å²) in [5, 5.41) is 5.05. The third-order valence-electron chi connectivity index (χ3n) is 2.90. The highest BCUT2D eigenvalue weighted by molar-refractivity contribution is 7.80. The van der Waals surface area contributed by atoms with Gasteiger partial charge in [0.15, 0.2) is 0 Å². The summed E-state index contributed by atoms with van der Waals surface area (Å²) in [5.74, 6) is 0.707. The number of aryl methyl sites for hydroxylation is 1. The minimum absolute atomic E-state index is 0.307. The van der Waals surface area contributed by atoms with E-state index in [0.29, 0.717) is 15.8 Å². The van der Waals surface area contributed by atoms with Gasteiger partial charge in [0.1, 0.15) is 10.7 Å². The quantitative estimate of drug-likeness (QED) is 0.885. The first kappa shape index (κ1) is 13.8. The maximum atomic E-state index is 6.18. The predicted octanol–water partition coefficient (Wildman–Crippen LogP) is 2.79. The lowest BCUT2D eigenvalue weighted by Gasteiger charge is -2.12. The van der Waals surface area contributed by atoms with Crippen LogP contribution >= 0.6 is 23.8 Å². The number of nitrogens with two attached hydrogens (primary N) is 1. The van der Waals surface area contributed by atoms with E-state index in [1.165, 1.54) is 0 Å². The van der Waals surface area contributed by atoms with Gasteiger partial charge in [-0.15, -0.1) is 0 Å². The molecule has 1 aromatic heterocycles. The molecule has 1 aromatic carbocycles. The van der Waals surface area contributed by atoms with Gasteiger partial charge in [-0.05, 0) is 26.0 Å². The Labute approximate surface area is 122 Å². The first-order chi connectivity index (χ1) is 8.95. The first-order valence-corrected chi connectivity index (χ1v) is 6.44. The van der Waals surface area contributed by atoms with Crippen molar-refractivity contribution >= 4 is 28.8 Å². The zero-order valence-electron chi connectivity index (χ0n) is 10.9. The van der Waals surface area contributed by atoms with Crippen LogP contribution in [0.5, 0.6) is 5.75 Å². The fourth-order valence-electron chi connectivity index (χ4n) is 1.88. The molecule has 0 unspecified atom stereocenters. The number of methoxy groups -OCH3 is 1. The molecule has 2 rings (SSSR count). The molecule has 6 heteroatoms. The summed E-state index contributed by atoms with van der Waals surface area (Å²) in [6.07, 6.45) is 0. The van der Waals surface area contributed by atoms with E-state index in [2.05, 4.69) is 5.10 Å². The Morgan fingerprint density at radius 3 is 2.58 bits per heavy atom. The first-order valence-electron chi connectivity index (χ1n) is 5.65. The number of hydrogen-bond acceptors (Lipinski definition) is 3. The SMILES string of the molecule is COc1ccc(C(N)=S)c(-n2nc(C)c(Cl)c2C)c1. The Morgan fingerprint density at radius 1 is 1.42 bits per heavy atom. The summed E-state index contributed by atoms with van der Waals surface area (Å²) in [6.45, 7) is 3.75. The van der Waals surface area contributed by atoms with E-state index in [4.69, 9.17) is 34.3 Å². The van der Waals surface area contributed by atoms with Crippen molar-refractivity contribution in [2.24, 2.45) is 5.73 Å². The Balaban J connectivity index is 2.71. The Hall–Kier alpha value is -1.59. The van der Waals surface area contributed by atoms with E-state index in [1.807, 2.05) is 32.0 Å². The van der Waals surface area contributed by atoms with Crippen molar-refractivity contribution in [2.75, 3.05) is 7.11 Å². The number of ether oxygens (including phenoxy) is 1. The molecule has 0 bridgehead atoms. The number of thiocarbonyl (C=S) groups is 1. The van der Waals surface area contributed by atoms with Crippen molar-refractivity contribution in [3.63, 3.8) is 0 Å². The van der Waals surface area contributed by atoms with Gasteiger partial charge in [0.2, 0.25) is 0 Å². The van der Waals surface area contributed by atoms with E-state index in [1.54, 1.807) is 11.8 Å². The lowest BCUT2D eigenvalue weighted by Crippen LogP contribution is -2.14. The molecule has 1 heterocycles. The van der Waals surface area contributed by atoms with E-state index < -0.39 is 0 Å². The van der Waals surface area contributed by atoms with Crippen molar-refractivity contribution in [2.45, 2.75) is 13.8 Å². The smallest absolute Gasteiger partial charge is 0.121 e. The highest BCUT2D eigenvalue weighted by Crippen LogP contribution is 2.27. The number of rotatable bonds is 3. The van der Waals surface area contributed by atoms with Crippen LogP contribution in [-0.4, -0.2) is 21.9 Å². The minimum Gasteiger partial charge on any atom is -0.497 e. The van der Waals surface area contributed by atoms with Crippen molar-refractivity contribution in [3.8, 4) is 11.4 Å². The van der Waals surface area contributed by atoms with Gasteiger partial charge in [0.25, 0.3) is 0 Å². The maximum absolute atomic E-state index is 6.18. The third kappa shape index (κ3) is 2.43. The molecule has 2 N–H and O–H groups in total.